The van der Waals surface area contributed by atoms with Gasteiger partial charge in [-0.25, -0.2) is 0 Å². The highest BCUT2D eigenvalue weighted by Gasteiger charge is 2.32. The average Bonchev–Trinajstić information content (AvgIpc) is 2.67. The molecule has 5 nitrogen and oxygen atoms in total. The van der Waals surface area contributed by atoms with Crippen LogP contribution in [-0.4, -0.2) is 33.9 Å². The van der Waals surface area contributed by atoms with Crippen molar-refractivity contribution in [2.24, 2.45) is 11.3 Å². The number of amides is 1. The van der Waals surface area contributed by atoms with Gasteiger partial charge < -0.3 is 5.32 Å². The Morgan fingerprint density at radius 3 is 2.56 bits per heavy atom. The number of aromatic nitrogens is 2. The average molecular weight is 367 g/mol. The largest absolute Gasteiger partial charge is 0.347 e. The van der Waals surface area contributed by atoms with E-state index in [1.54, 1.807) is 0 Å². The lowest BCUT2D eigenvalue weighted by molar-refractivity contribution is -0.129. The molecular weight excluding hydrogens is 336 g/mol. The number of nitrogens with one attached hydrogen (secondary N) is 1. The summed E-state index contributed by atoms with van der Waals surface area (Å²) in [5, 5.41) is 3.28. The first kappa shape index (κ1) is 19.5. The number of carbonyl (C=O) groups excluding carboxylic acids is 1. The molecule has 2 aromatic heterocycles. The van der Waals surface area contributed by atoms with Gasteiger partial charge in [-0.3, -0.25) is 19.7 Å². The van der Waals surface area contributed by atoms with Crippen molar-refractivity contribution in [2.75, 3.05) is 13.1 Å². The fraction of sp³-hybridized carbons (Fsp3) is 0.500. The Hall–Kier alpha value is -2.27. The third-order valence-electron chi connectivity index (χ3n) is 5.21. The predicted octanol–water partition coefficient (Wildman–Crippen LogP) is 3.59. The maximum Gasteiger partial charge on any atom is 0.225 e. The highest BCUT2D eigenvalue weighted by Crippen LogP contribution is 2.31. The topological polar surface area (TPSA) is 58.1 Å². The van der Waals surface area contributed by atoms with E-state index in [0.29, 0.717) is 5.92 Å². The zero-order valence-electron chi connectivity index (χ0n) is 16.6. The Balaban J connectivity index is 1.66. The summed E-state index contributed by atoms with van der Waals surface area (Å²) in [6.07, 6.45) is 7.65. The molecular formula is C22H30N4O. The lowest BCUT2D eigenvalue weighted by atomic mass is 9.85. The Bertz CT molecular complexity index is 719. The minimum atomic E-state index is -0.409. The molecule has 0 aromatic carbocycles. The summed E-state index contributed by atoms with van der Waals surface area (Å²) < 4.78 is 0. The fourth-order valence-electron chi connectivity index (χ4n) is 3.55. The van der Waals surface area contributed by atoms with E-state index in [-0.39, 0.29) is 11.9 Å². The highest BCUT2D eigenvalue weighted by molar-refractivity contribution is 5.81. The van der Waals surface area contributed by atoms with Crippen molar-refractivity contribution in [2.45, 2.75) is 46.2 Å². The second kappa shape index (κ2) is 8.61. The maximum atomic E-state index is 12.6. The van der Waals surface area contributed by atoms with Crippen molar-refractivity contribution in [1.82, 2.24) is 20.2 Å². The van der Waals surface area contributed by atoms with Crippen LogP contribution in [0.25, 0.3) is 0 Å². The molecule has 0 unspecified atom stereocenters. The predicted molar refractivity (Wildman–Crippen MR) is 107 cm³/mol. The van der Waals surface area contributed by atoms with Gasteiger partial charge in [0.1, 0.15) is 0 Å². The van der Waals surface area contributed by atoms with E-state index in [9.17, 15) is 4.79 Å². The van der Waals surface area contributed by atoms with Crippen LogP contribution in [0.2, 0.25) is 0 Å². The van der Waals surface area contributed by atoms with E-state index in [1.807, 2.05) is 63.6 Å². The number of likely N-dealkylation sites (tertiary alicyclic amines) is 1. The Morgan fingerprint density at radius 2 is 1.96 bits per heavy atom. The third-order valence-corrected chi connectivity index (χ3v) is 5.21. The normalized spacial score (nSPS) is 17.4. The second-order valence-electron chi connectivity index (χ2n) is 8.43. The molecule has 0 aliphatic carbocycles. The van der Waals surface area contributed by atoms with Gasteiger partial charge in [0.05, 0.1) is 11.7 Å². The molecule has 27 heavy (non-hydrogen) atoms. The SMILES string of the molecule is CC(C)(C)C(=O)N[C@@H](c1ccccn1)C1CCN(Cc2cccnc2)CC1. The molecule has 0 saturated carbocycles. The first-order valence-electron chi connectivity index (χ1n) is 9.76. The Kier molecular flexibility index (Phi) is 6.22. The molecule has 144 valence electrons. The second-order valence-corrected chi connectivity index (χ2v) is 8.43. The molecule has 5 heteroatoms. The summed E-state index contributed by atoms with van der Waals surface area (Å²) in [6, 6.07) is 10.0. The zero-order chi connectivity index (χ0) is 19.3. The number of nitrogens with zero attached hydrogens (tertiary/aromatic N) is 3. The van der Waals surface area contributed by atoms with Crippen LogP contribution in [0.4, 0.5) is 0 Å². The molecule has 3 rings (SSSR count). The molecule has 1 aliphatic rings. The van der Waals surface area contributed by atoms with Gasteiger partial charge >= 0.3 is 0 Å². The maximum absolute atomic E-state index is 12.6. The standard InChI is InChI=1S/C22H30N4O/c1-22(2,3)21(27)25-20(19-8-4-5-12-24-19)18-9-13-26(14-10-18)16-17-7-6-11-23-15-17/h4-8,11-12,15,18,20H,9-10,13-14,16H2,1-3H3,(H,25,27)/t20-/m1/s1. The van der Waals surface area contributed by atoms with E-state index in [2.05, 4.69) is 26.3 Å². The molecule has 1 amide bonds. The van der Waals surface area contributed by atoms with Gasteiger partial charge in [-0.05, 0) is 55.6 Å². The molecule has 1 saturated heterocycles. The van der Waals surface area contributed by atoms with Crippen LogP contribution in [0.15, 0.2) is 48.9 Å². The monoisotopic (exact) mass is 366 g/mol. The van der Waals surface area contributed by atoms with Crippen LogP contribution >= 0.6 is 0 Å². The first-order valence-corrected chi connectivity index (χ1v) is 9.76. The minimum absolute atomic E-state index is 0.0292. The Morgan fingerprint density at radius 1 is 1.19 bits per heavy atom. The van der Waals surface area contributed by atoms with Crippen LogP contribution < -0.4 is 5.32 Å². The van der Waals surface area contributed by atoms with Crippen molar-refractivity contribution in [3.8, 4) is 0 Å². The number of rotatable bonds is 5. The quantitative estimate of drug-likeness (QED) is 0.878. The van der Waals surface area contributed by atoms with Gasteiger partial charge in [0.2, 0.25) is 5.91 Å². The van der Waals surface area contributed by atoms with Gasteiger partial charge in [0.15, 0.2) is 0 Å². The number of carbonyl (C=O) groups is 1. The summed E-state index contributed by atoms with van der Waals surface area (Å²) in [7, 11) is 0. The number of hydrogen-bond donors (Lipinski definition) is 1. The van der Waals surface area contributed by atoms with Crippen LogP contribution in [0.3, 0.4) is 0 Å². The summed E-state index contributed by atoms with van der Waals surface area (Å²) in [5.41, 5.74) is 1.80. The number of hydrogen-bond acceptors (Lipinski definition) is 4. The van der Waals surface area contributed by atoms with Crippen molar-refractivity contribution in [3.05, 3.63) is 60.2 Å². The van der Waals surface area contributed by atoms with E-state index >= 15 is 0 Å². The van der Waals surface area contributed by atoms with Crippen molar-refractivity contribution in [3.63, 3.8) is 0 Å². The van der Waals surface area contributed by atoms with Crippen LogP contribution in [0.1, 0.15) is 50.9 Å². The third kappa shape index (κ3) is 5.36. The molecule has 0 spiro atoms. The van der Waals surface area contributed by atoms with Gasteiger partial charge in [-0.1, -0.05) is 32.9 Å². The van der Waals surface area contributed by atoms with Crippen LogP contribution in [0, 0.1) is 11.3 Å². The number of piperidine rings is 1. The van der Waals surface area contributed by atoms with Gasteiger partial charge in [-0.2, -0.15) is 0 Å². The van der Waals surface area contributed by atoms with Crippen molar-refractivity contribution in [1.29, 1.82) is 0 Å². The molecule has 1 aliphatic heterocycles. The molecule has 0 bridgehead atoms. The van der Waals surface area contributed by atoms with Gasteiger partial charge in [-0.15, -0.1) is 0 Å². The van der Waals surface area contributed by atoms with Crippen molar-refractivity contribution >= 4 is 5.91 Å². The molecule has 3 heterocycles. The zero-order valence-corrected chi connectivity index (χ0v) is 16.6. The molecule has 2 aromatic rings. The lowest BCUT2D eigenvalue weighted by Crippen LogP contribution is -2.44. The summed E-state index contributed by atoms with van der Waals surface area (Å²) in [4.78, 5) is 23.9. The van der Waals surface area contributed by atoms with Crippen molar-refractivity contribution < 1.29 is 4.79 Å². The number of pyridine rings is 2. The first-order chi connectivity index (χ1) is 12.9. The van der Waals surface area contributed by atoms with E-state index in [4.69, 9.17) is 0 Å². The fourth-order valence-corrected chi connectivity index (χ4v) is 3.55. The van der Waals surface area contributed by atoms with E-state index < -0.39 is 5.41 Å². The molecule has 1 N–H and O–H groups in total. The van der Waals surface area contributed by atoms with Crippen LogP contribution in [-0.2, 0) is 11.3 Å². The molecule has 1 atom stereocenters. The smallest absolute Gasteiger partial charge is 0.225 e. The van der Waals surface area contributed by atoms with Gasteiger partial charge in [0, 0.05) is 30.6 Å². The summed E-state index contributed by atoms with van der Waals surface area (Å²) in [6.45, 7) is 8.84. The van der Waals surface area contributed by atoms with Gasteiger partial charge in [0.25, 0.3) is 0 Å². The summed E-state index contributed by atoms with van der Waals surface area (Å²) in [5.74, 6) is 0.479. The molecule has 1 fully saturated rings. The molecule has 0 radical (unpaired) electrons. The van der Waals surface area contributed by atoms with E-state index in [0.717, 1.165) is 38.2 Å². The Labute approximate surface area is 162 Å². The van der Waals surface area contributed by atoms with E-state index in [1.165, 1.54) is 5.56 Å². The lowest BCUT2D eigenvalue weighted by Gasteiger charge is -2.37. The summed E-state index contributed by atoms with van der Waals surface area (Å²) >= 11 is 0. The van der Waals surface area contributed by atoms with Crippen LogP contribution in [0.5, 0.6) is 0 Å². The minimum Gasteiger partial charge on any atom is -0.347 e. The highest BCUT2D eigenvalue weighted by atomic mass is 16.2.